The first-order valence-corrected chi connectivity index (χ1v) is 5.83. The summed E-state index contributed by atoms with van der Waals surface area (Å²) in [6.07, 6.45) is 2.53. The van der Waals surface area contributed by atoms with Gasteiger partial charge in [-0.15, -0.1) is 0 Å². The van der Waals surface area contributed by atoms with Crippen LogP contribution in [-0.4, -0.2) is 25.4 Å². The van der Waals surface area contributed by atoms with Crippen molar-refractivity contribution in [2.45, 2.75) is 32.0 Å². The zero-order valence-corrected chi connectivity index (χ0v) is 9.69. The quantitative estimate of drug-likeness (QED) is 0.844. The van der Waals surface area contributed by atoms with Gasteiger partial charge < -0.3 is 15.2 Å². The Morgan fingerprint density at radius 2 is 2.19 bits per heavy atom. The van der Waals surface area contributed by atoms with Gasteiger partial charge in [0.25, 0.3) is 0 Å². The van der Waals surface area contributed by atoms with Crippen LogP contribution in [0.1, 0.15) is 18.4 Å². The van der Waals surface area contributed by atoms with Crippen molar-refractivity contribution < 1.29 is 9.47 Å². The molecule has 0 spiro atoms. The zero-order valence-electron chi connectivity index (χ0n) is 9.69. The van der Waals surface area contributed by atoms with Crippen molar-refractivity contribution >= 4 is 0 Å². The highest BCUT2D eigenvalue weighted by molar-refractivity contribution is 5.27. The number of hydrogen-bond donors (Lipinski definition) is 1. The molecule has 0 amide bonds. The number of ether oxygens (including phenoxy) is 2. The molecule has 1 aromatic carbocycles. The predicted molar refractivity (Wildman–Crippen MR) is 63.6 cm³/mol. The monoisotopic (exact) mass is 221 g/mol. The van der Waals surface area contributed by atoms with E-state index in [1.54, 1.807) is 0 Å². The molecule has 88 valence electrons. The molecule has 1 fully saturated rings. The first kappa shape index (κ1) is 11.4. The fraction of sp³-hybridized carbons (Fsp3) is 0.538. The number of nitrogens with two attached hydrogens (primary N) is 1. The highest BCUT2D eigenvalue weighted by Gasteiger charge is 2.24. The number of benzene rings is 1. The number of hydrogen-bond acceptors (Lipinski definition) is 3. The molecule has 1 saturated heterocycles. The van der Waals surface area contributed by atoms with Crippen LogP contribution < -0.4 is 10.5 Å². The molecule has 0 aromatic heterocycles. The normalized spacial score (nSPS) is 24.6. The fourth-order valence-electron chi connectivity index (χ4n) is 1.97. The van der Waals surface area contributed by atoms with Crippen molar-refractivity contribution in [2.75, 3.05) is 13.2 Å². The number of aryl methyl sites for hydroxylation is 1. The minimum absolute atomic E-state index is 0.203. The molecule has 2 unspecified atom stereocenters. The van der Waals surface area contributed by atoms with Gasteiger partial charge in [0, 0.05) is 6.54 Å². The molecule has 2 atom stereocenters. The average Bonchev–Trinajstić information content (AvgIpc) is 2.74. The van der Waals surface area contributed by atoms with Crippen LogP contribution in [0.4, 0.5) is 0 Å². The van der Waals surface area contributed by atoms with Crippen molar-refractivity contribution in [3.8, 4) is 5.75 Å². The second kappa shape index (κ2) is 5.32. The lowest BCUT2D eigenvalue weighted by molar-refractivity contribution is 0.0222. The van der Waals surface area contributed by atoms with Gasteiger partial charge in [0.05, 0.1) is 12.2 Å². The molecule has 1 aliphatic rings. The first-order chi connectivity index (χ1) is 7.78. The SMILES string of the molecule is Cc1cccc(OCC2CCC(CN)O2)c1. The molecular formula is C13H19NO2. The summed E-state index contributed by atoms with van der Waals surface area (Å²) in [5, 5.41) is 0. The smallest absolute Gasteiger partial charge is 0.119 e. The summed E-state index contributed by atoms with van der Waals surface area (Å²) in [6, 6.07) is 8.07. The zero-order chi connectivity index (χ0) is 11.4. The van der Waals surface area contributed by atoms with Gasteiger partial charge in [-0.3, -0.25) is 0 Å². The second-order valence-electron chi connectivity index (χ2n) is 4.32. The molecule has 0 bridgehead atoms. The minimum Gasteiger partial charge on any atom is -0.491 e. The molecule has 1 heterocycles. The maximum Gasteiger partial charge on any atom is 0.119 e. The van der Waals surface area contributed by atoms with Gasteiger partial charge in [-0.1, -0.05) is 12.1 Å². The van der Waals surface area contributed by atoms with Crippen LogP contribution in [0.2, 0.25) is 0 Å². The molecular weight excluding hydrogens is 202 g/mol. The Hall–Kier alpha value is -1.06. The van der Waals surface area contributed by atoms with Crippen LogP contribution in [0, 0.1) is 6.92 Å². The van der Waals surface area contributed by atoms with Gasteiger partial charge >= 0.3 is 0 Å². The summed E-state index contributed by atoms with van der Waals surface area (Å²) in [4.78, 5) is 0. The van der Waals surface area contributed by atoms with Crippen molar-refractivity contribution in [2.24, 2.45) is 5.73 Å². The van der Waals surface area contributed by atoms with Crippen LogP contribution in [0.3, 0.4) is 0 Å². The van der Waals surface area contributed by atoms with Crippen LogP contribution >= 0.6 is 0 Å². The maximum absolute atomic E-state index is 5.71. The third-order valence-corrected chi connectivity index (χ3v) is 2.88. The lowest BCUT2D eigenvalue weighted by atomic mass is 10.2. The highest BCUT2D eigenvalue weighted by atomic mass is 16.5. The van der Waals surface area contributed by atoms with E-state index in [-0.39, 0.29) is 12.2 Å². The number of rotatable bonds is 4. The van der Waals surface area contributed by atoms with Gasteiger partial charge in [0.1, 0.15) is 12.4 Å². The van der Waals surface area contributed by atoms with Crippen molar-refractivity contribution in [1.29, 1.82) is 0 Å². The molecule has 3 nitrogen and oxygen atoms in total. The Bertz CT molecular complexity index is 340. The first-order valence-electron chi connectivity index (χ1n) is 5.83. The van der Waals surface area contributed by atoms with E-state index in [0.717, 1.165) is 18.6 Å². The summed E-state index contributed by atoms with van der Waals surface area (Å²) in [5.74, 6) is 0.916. The molecule has 2 N–H and O–H groups in total. The summed E-state index contributed by atoms with van der Waals surface area (Å²) in [6.45, 7) is 3.30. The van der Waals surface area contributed by atoms with Crippen LogP contribution in [-0.2, 0) is 4.74 Å². The third kappa shape index (κ3) is 2.97. The van der Waals surface area contributed by atoms with Gasteiger partial charge in [-0.25, -0.2) is 0 Å². The molecule has 1 aromatic rings. The van der Waals surface area contributed by atoms with Crippen LogP contribution in [0.5, 0.6) is 5.75 Å². The molecule has 0 aliphatic carbocycles. The van der Waals surface area contributed by atoms with Gasteiger partial charge in [-0.2, -0.15) is 0 Å². The van der Waals surface area contributed by atoms with E-state index in [2.05, 4.69) is 13.0 Å². The van der Waals surface area contributed by atoms with Crippen molar-refractivity contribution in [3.05, 3.63) is 29.8 Å². The molecule has 0 saturated carbocycles. The van der Waals surface area contributed by atoms with Gasteiger partial charge in [-0.05, 0) is 37.5 Å². The van der Waals surface area contributed by atoms with E-state index < -0.39 is 0 Å². The Balaban J connectivity index is 1.80. The molecule has 0 radical (unpaired) electrons. The standard InChI is InChI=1S/C13H19NO2/c1-10-3-2-4-11(7-10)15-9-13-6-5-12(8-14)16-13/h2-4,7,12-13H,5-6,8-9,14H2,1H3. The van der Waals surface area contributed by atoms with E-state index in [1.165, 1.54) is 5.56 Å². The minimum atomic E-state index is 0.203. The Kier molecular flexibility index (Phi) is 3.80. The Labute approximate surface area is 96.5 Å². The van der Waals surface area contributed by atoms with Gasteiger partial charge in [0.15, 0.2) is 0 Å². The third-order valence-electron chi connectivity index (χ3n) is 2.88. The molecule has 16 heavy (non-hydrogen) atoms. The van der Waals surface area contributed by atoms with Crippen LogP contribution in [0.15, 0.2) is 24.3 Å². The largest absolute Gasteiger partial charge is 0.491 e. The average molecular weight is 221 g/mol. The van der Waals surface area contributed by atoms with E-state index in [9.17, 15) is 0 Å². The lowest BCUT2D eigenvalue weighted by Crippen LogP contribution is -2.23. The van der Waals surface area contributed by atoms with E-state index >= 15 is 0 Å². The summed E-state index contributed by atoms with van der Waals surface area (Å²) < 4.78 is 11.4. The summed E-state index contributed by atoms with van der Waals surface area (Å²) in [5.41, 5.74) is 6.77. The van der Waals surface area contributed by atoms with E-state index in [1.807, 2.05) is 18.2 Å². The maximum atomic E-state index is 5.71. The fourth-order valence-corrected chi connectivity index (χ4v) is 1.97. The summed E-state index contributed by atoms with van der Waals surface area (Å²) in [7, 11) is 0. The Morgan fingerprint density at radius 3 is 2.88 bits per heavy atom. The van der Waals surface area contributed by atoms with Gasteiger partial charge in [0.2, 0.25) is 0 Å². The lowest BCUT2D eigenvalue weighted by Gasteiger charge is -2.13. The van der Waals surface area contributed by atoms with E-state index in [4.69, 9.17) is 15.2 Å². The summed E-state index contributed by atoms with van der Waals surface area (Å²) >= 11 is 0. The Morgan fingerprint density at radius 1 is 1.38 bits per heavy atom. The van der Waals surface area contributed by atoms with E-state index in [0.29, 0.717) is 13.2 Å². The van der Waals surface area contributed by atoms with Crippen molar-refractivity contribution in [3.63, 3.8) is 0 Å². The molecule has 1 aliphatic heterocycles. The second-order valence-corrected chi connectivity index (χ2v) is 4.32. The van der Waals surface area contributed by atoms with Crippen LogP contribution in [0.25, 0.3) is 0 Å². The predicted octanol–water partition coefficient (Wildman–Crippen LogP) is 1.88. The van der Waals surface area contributed by atoms with Crippen molar-refractivity contribution in [1.82, 2.24) is 0 Å². The highest BCUT2D eigenvalue weighted by Crippen LogP contribution is 2.20. The molecule has 3 heteroatoms. The topological polar surface area (TPSA) is 44.5 Å². The molecule has 2 rings (SSSR count).